The van der Waals surface area contributed by atoms with Gasteiger partial charge in [-0.1, -0.05) is 35.9 Å². The van der Waals surface area contributed by atoms with Crippen molar-refractivity contribution in [1.82, 2.24) is 0 Å². The summed E-state index contributed by atoms with van der Waals surface area (Å²) in [4.78, 5) is 23.4. The molecule has 1 amide bonds. The van der Waals surface area contributed by atoms with Crippen LogP contribution in [0.5, 0.6) is 0 Å². The molecule has 0 spiro atoms. The van der Waals surface area contributed by atoms with Crippen LogP contribution in [0.15, 0.2) is 42.5 Å². The van der Waals surface area contributed by atoms with Gasteiger partial charge in [0.15, 0.2) is 6.10 Å². The van der Waals surface area contributed by atoms with Crippen LogP contribution >= 0.6 is 11.6 Å². The van der Waals surface area contributed by atoms with Crippen molar-refractivity contribution in [2.45, 2.75) is 26.9 Å². The maximum Gasteiger partial charge on any atom is 0.331 e. The number of aryl methyl sites for hydroxylation is 1. The van der Waals surface area contributed by atoms with E-state index in [9.17, 15) is 9.59 Å². The smallest absolute Gasteiger partial charge is 0.331 e. The number of esters is 1. The van der Waals surface area contributed by atoms with Crippen LogP contribution < -0.4 is 5.32 Å². The second-order valence-corrected chi connectivity index (χ2v) is 4.85. The van der Waals surface area contributed by atoms with Crippen molar-refractivity contribution in [3.8, 4) is 0 Å². The summed E-state index contributed by atoms with van der Waals surface area (Å²) in [6, 6.07) is 5.19. The molecule has 1 aromatic rings. The zero-order valence-corrected chi connectivity index (χ0v) is 13.0. The number of allylic oxidation sites excluding steroid dienone is 3. The zero-order chi connectivity index (χ0) is 15.8. The molecule has 112 valence electrons. The van der Waals surface area contributed by atoms with Gasteiger partial charge in [-0.15, -0.1) is 0 Å². The molecule has 0 aliphatic carbocycles. The molecule has 0 saturated carbocycles. The van der Waals surface area contributed by atoms with Crippen LogP contribution in [0.2, 0.25) is 5.02 Å². The van der Waals surface area contributed by atoms with E-state index < -0.39 is 18.0 Å². The van der Waals surface area contributed by atoms with E-state index in [1.165, 1.54) is 13.0 Å². The third kappa shape index (κ3) is 5.83. The maximum atomic E-state index is 12.0. The molecule has 0 fully saturated rings. The molecule has 0 bridgehead atoms. The van der Waals surface area contributed by atoms with Gasteiger partial charge in [0, 0.05) is 16.8 Å². The molecule has 0 aromatic heterocycles. The lowest BCUT2D eigenvalue weighted by atomic mass is 10.2. The fourth-order valence-corrected chi connectivity index (χ4v) is 1.65. The fraction of sp³-hybridized carbons (Fsp3) is 0.250. The molecule has 0 aliphatic rings. The maximum absolute atomic E-state index is 12.0. The zero-order valence-electron chi connectivity index (χ0n) is 12.2. The van der Waals surface area contributed by atoms with E-state index in [1.807, 2.05) is 13.8 Å². The second-order valence-electron chi connectivity index (χ2n) is 4.41. The number of anilines is 1. The number of benzene rings is 1. The number of hydrogen-bond acceptors (Lipinski definition) is 3. The lowest BCUT2D eigenvalue weighted by Crippen LogP contribution is -2.29. The van der Waals surface area contributed by atoms with E-state index in [-0.39, 0.29) is 0 Å². The molecule has 1 N–H and O–H groups in total. The van der Waals surface area contributed by atoms with Crippen LogP contribution in [0.4, 0.5) is 5.69 Å². The summed E-state index contributed by atoms with van der Waals surface area (Å²) in [5.74, 6) is -0.980. The van der Waals surface area contributed by atoms with E-state index in [0.717, 1.165) is 5.56 Å². The summed E-state index contributed by atoms with van der Waals surface area (Å²) in [7, 11) is 0. The molecule has 1 unspecified atom stereocenters. The van der Waals surface area contributed by atoms with Crippen molar-refractivity contribution in [2.24, 2.45) is 0 Å². The van der Waals surface area contributed by atoms with E-state index in [4.69, 9.17) is 16.3 Å². The monoisotopic (exact) mass is 307 g/mol. The Bertz CT molecular complexity index is 579. The van der Waals surface area contributed by atoms with E-state index in [2.05, 4.69) is 5.32 Å². The Labute approximate surface area is 129 Å². The number of carbonyl (C=O) groups is 2. The topological polar surface area (TPSA) is 55.4 Å². The Balaban J connectivity index is 2.62. The van der Waals surface area contributed by atoms with Gasteiger partial charge in [0.25, 0.3) is 5.91 Å². The molecule has 1 rings (SSSR count). The standard InChI is InChI=1S/C16H18ClNO3/c1-4-5-6-7-15(19)21-12(3)16(20)18-14-10-13(17)9-8-11(14)2/h4-10,12H,1-3H3,(H,18,20)/b5-4+,7-6+. The van der Waals surface area contributed by atoms with Crippen molar-refractivity contribution in [3.63, 3.8) is 0 Å². The van der Waals surface area contributed by atoms with Gasteiger partial charge in [-0.25, -0.2) is 4.79 Å². The van der Waals surface area contributed by atoms with Crippen LogP contribution in [-0.2, 0) is 14.3 Å². The molecule has 5 heteroatoms. The van der Waals surface area contributed by atoms with E-state index in [0.29, 0.717) is 10.7 Å². The quantitative estimate of drug-likeness (QED) is 0.513. The van der Waals surface area contributed by atoms with E-state index in [1.54, 1.807) is 36.4 Å². The third-order valence-corrected chi connectivity index (χ3v) is 2.89. The lowest BCUT2D eigenvalue weighted by molar-refractivity contribution is -0.148. The van der Waals surface area contributed by atoms with Crippen molar-refractivity contribution in [3.05, 3.63) is 53.1 Å². The first kappa shape index (κ1) is 17.0. The minimum atomic E-state index is -0.897. The number of nitrogens with one attached hydrogen (secondary N) is 1. The Hall–Kier alpha value is -2.07. The number of rotatable bonds is 5. The van der Waals surface area contributed by atoms with Gasteiger partial charge in [-0.3, -0.25) is 4.79 Å². The fourth-order valence-electron chi connectivity index (χ4n) is 1.48. The molecular weight excluding hydrogens is 290 g/mol. The van der Waals surface area contributed by atoms with Gasteiger partial charge in [0.1, 0.15) is 0 Å². The Morgan fingerprint density at radius 3 is 2.71 bits per heavy atom. The Morgan fingerprint density at radius 2 is 2.05 bits per heavy atom. The van der Waals surface area contributed by atoms with Crippen LogP contribution in [0.1, 0.15) is 19.4 Å². The lowest BCUT2D eigenvalue weighted by Gasteiger charge is -2.14. The van der Waals surface area contributed by atoms with Crippen LogP contribution in [0.25, 0.3) is 0 Å². The number of ether oxygens (including phenoxy) is 1. The predicted molar refractivity (Wildman–Crippen MR) is 84.3 cm³/mol. The first-order chi connectivity index (χ1) is 9.93. The number of halogens is 1. The second kappa shape index (κ2) is 8.27. The molecule has 0 radical (unpaired) electrons. The number of hydrogen-bond donors (Lipinski definition) is 1. The van der Waals surface area contributed by atoms with Crippen LogP contribution in [0, 0.1) is 6.92 Å². The Morgan fingerprint density at radius 1 is 1.33 bits per heavy atom. The Kier molecular flexibility index (Phi) is 6.69. The van der Waals surface area contributed by atoms with Crippen LogP contribution in [0.3, 0.4) is 0 Å². The highest BCUT2D eigenvalue weighted by atomic mass is 35.5. The summed E-state index contributed by atoms with van der Waals surface area (Å²) in [5, 5.41) is 3.21. The SMILES string of the molecule is C/C=C/C=C/C(=O)OC(C)C(=O)Nc1cc(Cl)ccc1C. The molecule has 21 heavy (non-hydrogen) atoms. The van der Waals surface area contributed by atoms with Crippen molar-refractivity contribution >= 4 is 29.2 Å². The normalized spacial score (nSPS) is 12.6. The molecule has 1 atom stereocenters. The third-order valence-electron chi connectivity index (χ3n) is 2.66. The summed E-state index contributed by atoms with van der Waals surface area (Å²) >= 11 is 5.88. The summed E-state index contributed by atoms with van der Waals surface area (Å²) in [6.07, 6.45) is 5.39. The van der Waals surface area contributed by atoms with Crippen molar-refractivity contribution in [1.29, 1.82) is 0 Å². The predicted octanol–water partition coefficient (Wildman–Crippen LogP) is 3.65. The number of carbonyl (C=O) groups excluding carboxylic acids is 2. The van der Waals surface area contributed by atoms with Crippen molar-refractivity contribution < 1.29 is 14.3 Å². The highest BCUT2D eigenvalue weighted by molar-refractivity contribution is 6.31. The molecule has 4 nitrogen and oxygen atoms in total. The molecule has 0 saturated heterocycles. The molecule has 0 heterocycles. The first-order valence-corrected chi connectivity index (χ1v) is 6.89. The average Bonchev–Trinajstić information content (AvgIpc) is 2.43. The number of amides is 1. The first-order valence-electron chi connectivity index (χ1n) is 6.51. The van der Waals surface area contributed by atoms with Crippen LogP contribution in [-0.4, -0.2) is 18.0 Å². The highest BCUT2D eigenvalue weighted by Gasteiger charge is 2.17. The molecule has 0 aliphatic heterocycles. The molecule has 1 aromatic carbocycles. The van der Waals surface area contributed by atoms with Gasteiger partial charge in [0.2, 0.25) is 0 Å². The highest BCUT2D eigenvalue weighted by Crippen LogP contribution is 2.20. The average molecular weight is 308 g/mol. The summed E-state index contributed by atoms with van der Waals surface area (Å²) in [5.41, 5.74) is 1.47. The van der Waals surface area contributed by atoms with Gasteiger partial charge in [-0.05, 0) is 38.5 Å². The van der Waals surface area contributed by atoms with Gasteiger partial charge < -0.3 is 10.1 Å². The minimum Gasteiger partial charge on any atom is -0.449 e. The molecular formula is C16H18ClNO3. The summed E-state index contributed by atoms with van der Waals surface area (Å²) in [6.45, 7) is 5.19. The van der Waals surface area contributed by atoms with Crippen molar-refractivity contribution in [2.75, 3.05) is 5.32 Å². The summed E-state index contributed by atoms with van der Waals surface area (Å²) < 4.78 is 5.00. The largest absolute Gasteiger partial charge is 0.449 e. The minimum absolute atomic E-state index is 0.409. The van der Waals surface area contributed by atoms with Gasteiger partial charge in [0.05, 0.1) is 0 Å². The van der Waals surface area contributed by atoms with E-state index >= 15 is 0 Å². The van der Waals surface area contributed by atoms with Gasteiger partial charge in [-0.2, -0.15) is 0 Å². The van der Waals surface area contributed by atoms with Gasteiger partial charge >= 0.3 is 5.97 Å².